The van der Waals surface area contributed by atoms with Crippen LogP contribution in [0.3, 0.4) is 0 Å². The molecule has 1 aromatic carbocycles. The monoisotopic (exact) mass is 251 g/mol. The highest BCUT2D eigenvalue weighted by Crippen LogP contribution is 2.24. The van der Waals surface area contributed by atoms with Crippen LogP contribution in [0.2, 0.25) is 0 Å². The van der Waals surface area contributed by atoms with E-state index in [0.29, 0.717) is 24.9 Å². The lowest BCUT2D eigenvalue weighted by molar-refractivity contribution is -0.385. The summed E-state index contributed by atoms with van der Waals surface area (Å²) in [5, 5.41) is 13.6. The van der Waals surface area contributed by atoms with Crippen molar-refractivity contribution < 1.29 is 9.72 Å². The lowest BCUT2D eigenvalue weighted by atomic mass is 10.1. The van der Waals surface area contributed by atoms with Gasteiger partial charge in [-0.05, 0) is 19.9 Å². The van der Waals surface area contributed by atoms with Crippen LogP contribution < -0.4 is 11.1 Å². The quantitative estimate of drug-likeness (QED) is 0.591. The van der Waals surface area contributed by atoms with Crippen LogP contribution in [0.5, 0.6) is 0 Å². The predicted molar refractivity (Wildman–Crippen MR) is 67.9 cm³/mol. The third-order valence-electron chi connectivity index (χ3n) is 2.59. The maximum Gasteiger partial charge on any atom is 0.274 e. The summed E-state index contributed by atoms with van der Waals surface area (Å²) >= 11 is 0. The Morgan fingerprint density at radius 1 is 1.50 bits per heavy atom. The third kappa shape index (κ3) is 3.81. The molecule has 0 aromatic heterocycles. The number of rotatable bonds is 6. The van der Waals surface area contributed by atoms with Crippen molar-refractivity contribution in [3.8, 4) is 0 Å². The Kier molecular flexibility index (Phi) is 5.26. The Bertz CT molecular complexity index is 434. The van der Waals surface area contributed by atoms with Gasteiger partial charge in [0.2, 0.25) is 5.91 Å². The summed E-state index contributed by atoms with van der Waals surface area (Å²) in [5.41, 5.74) is 5.83. The van der Waals surface area contributed by atoms with Gasteiger partial charge in [0.05, 0.1) is 16.5 Å². The molecular formula is C12H17N3O3. The first-order valence-electron chi connectivity index (χ1n) is 5.79. The molecule has 0 saturated heterocycles. The molecule has 98 valence electrons. The van der Waals surface area contributed by atoms with Crippen molar-refractivity contribution in [3.63, 3.8) is 0 Å². The molecule has 3 N–H and O–H groups in total. The summed E-state index contributed by atoms with van der Waals surface area (Å²) < 4.78 is 0. The average molecular weight is 251 g/mol. The summed E-state index contributed by atoms with van der Waals surface area (Å²) in [6.45, 7) is 2.18. The van der Waals surface area contributed by atoms with Crippen molar-refractivity contribution >= 4 is 11.6 Å². The Morgan fingerprint density at radius 3 is 2.78 bits per heavy atom. The lowest BCUT2D eigenvalue weighted by Crippen LogP contribution is -2.27. The predicted octanol–water partition coefficient (Wildman–Crippen LogP) is 1.51. The molecule has 0 heterocycles. The molecule has 0 bridgehead atoms. The van der Waals surface area contributed by atoms with Gasteiger partial charge in [-0.15, -0.1) is 0 Å². The Labute approximate surface area is 105 Å². The average Bonchev–Trinajstić information content (AvgIpc) is 2.36. The number of carbonyl (C=O) groups is 1. The van der Waals surface area contributed by atoms with Gasteiger partial charge in [-0.25, -0.2) is 0 Å². The lowest BCUT2D eigenvalue weighted by Gasteiger charge is -2.14. The zero-order valence-corrected chi connectivity index (χ0v) is 10.3. The smallest absolute Gasteiger partial charge is 0.274 e. The van der Waals surface area contributed by atoms with Gasteiger partial charge in [0.15, 0.2) is 0 Å². The van der Waals surface area contributed by atoms with Gasteiger partial charge in [0.1, 0.15) is 0 Å². The minimum atomic E-state index is -0.447. The van der Waals surface area contributed by atoms with Crippen LogP contribution in [0.25, 0.3) is 0 Å². The van der Waals surface area contributed by atoms with E-state index in [1.807, 2.05) is 0 Å². The van der Waals surface area contributed by atoms with Gasteiger partial charge < -0.3 is 11.1 Å². The van der Waals surface area contributed by atoms with Crippen molar-refractivity contribution in [2.45, 2.75) is 25.8 Å². The molecule has 1 atom stereocenters. The van der Waals surface area contributed by atoms with E-state index in [9.17, 15) is 14.9 Å². The van der Waals surface area contributed by atoms with Gasteiger partial charge in [0.25, 0.3) is 5.69 Å². The topological polar surface area (TPSA) is 98.3 Å². The molecule has 0 spiro atoms. The number of nitrogens with two attached hydrogens (primary N) is 1. The molecular weight excluding hydrogens is 234 g/mol. The van der Waals surface area contributed by atoms with Crippen LogP contribution >= 0.6 is 0 Å². The molecule has 0 fully saturated rings. The molecule has 0 aliphatic carbocycles. The Morgan fingerprint density at radius 2 is 2.17 bits per heavy atom. The second-order valence-electron chi connectivity index (χ2n) is 4.00. The van der Waals surface area contributed by atoms with Crippen LogP contribution in [0, 0.1) is 10.1 Å². The van der Waals surface area contributed by atoms with Crippen LogP contribution in [0.15, 0.2) is 24.3 Å². The summed E-state index contributed by atoms with van der Waals surface area (Å²) in [6.07, 6.45) is 0.941. The normalized spacial score (nSPS) is 11.9. The summed E-state index contributed by atoms with van der Waals surface area (Å²) in [6, 6.07) is 6.00. The standard InChI is InChI=1S/C12H17N3O3/c1-9(14-12(16)7-4-8-13)10-5-2-3-6-11(10)15(17)18/h2-3,5-6,9H,4,7-8,13H2,1H3,(H,14,16). The largest absolute Gasteiger partial charge is 0.349 e. The van der Waals surface area contributed by atoms with E-state index in [1.165, 1.54) is 6.07 Å². The zero-order valence-electron chi connectivity index (χ0n) is 10.3. The third-order valence-corrected chi connectivity index (χ3v) is 2.59. The van der Waals surface area contributed by atoms with Gasteiger partial charge in [-0.2, -0.15) is 0 Å². The maximum absolute atomic E-state index is 11.5. The van der Waals surface area contributed by atoms with Crippen LogP contribution in [0.1, 0.15) is 31.4 Å². The number of para-hydroxylation sites is 1. The van der Waals surface area contributed by atoms with Crippen LogP contribution in [0.4, 0.5) is 5.69 Å². The SMILES string of the molecule is CC(NC(=O)CCCN)c1ccccc1[N+](=O)[O-]. The van der Waals surface area contributed by atoms with Crippen molar-refractivity contribution in [3.05, 3.63) is 39.9 Å². The molecule has 0 aliphatic rings. The number of nitrogens with zero attached hydrogens (tertiary/aromatic N) is 1. The van der Waals surface area contributed by atoms with E-state index in [4.69, 9.17) is 5.73 Å². The molecule has 1 rings (SSSR count). The molecule has 1 aromatic rings. The van der Waals surface area contributed by atoms with Crippen molar-refractivity contribution in [1.82, 2.24) is 5.32 Å². The first-order valence-corrected chi connectivity index (χ1v) is 5.79. The molecule has 0 radical (unpaired) electrons. The Hall–Kier alpha value is -1.95. The highest BCUT2D eigenvalue weighted by atomic mass is 16.6. The minimum absolute atomic E-state index is 0.0177. The number of amides is 1. The highest BCUT2D eigenvalue weighted by molar-refractivity contribution is 5.76. The van der Waals surface area contributed by atoms with Gasteiger partial charge in [-0.1, -0.05) is 18.2 Å². The highest BCUT2D eigenvalue weighted by Gasteiger charge is 2.19. The van der Waals surface area contributed by atoms with E-state index < -0.39 is 11.0 Å². The fourth-order valence-electron chi connectivity index (χ4n) is 1.67. The maximum atomic E-state index is 11.5. The van der Waals surface area contributed by atoms with Crippen LogP contribution in [-0.2, 0) is 4.79 Å². The zero-order chi connectivity index (χ0) is 13.5. The summed E-state index contributed by atoms with van der Waals surface area (Å²) in [5.74, 6) is -0.147. The molecule has 1 amide bonds. The molecule has 0 saturated carbocycles. The van der Waals surface area contributed by atoms with Crippen molar-refractivity contribution in [1.29, 1.82) is 0 Å². The first kappa shape index (κ1) is 14.1. The molecule has 6 nitrogen and oxygen atoms in total. The van der Waals surface area contributed by atoms with E-state index in [0.717, 1.165) is 0 Å². The van der Waals surface area contributed by atoms with E-state index in [2.05, 4.69) is 5.32 Å². The number of nitrogens with one attached hydrogen (secondary N) is 1. The summed E-state index contributed by atoms with van der Waals surface area (Å²) in [7, 11) is 0. The molecule has 6 heteroatoms. The number of carbonyl (C=O) groups excluding carboxylic acids is 1. The second kappa shape index (κ2) is 6.70. The first-order chi connectivity index (χ1) is 8.56. The van der Waals surface area contributed by atoms with Crippen molar-refractivity contribution in [2.24, 2.45) is 5.73 Å². The number of nitro groups is 1. The van der Waals surface area contributed by atoms with E-state index in [-0.39, 0.29) is 11.6 Å². The fourth-order valence-corrected chi connectivity index (χ4v) is 1.67. The molecule has 1 unspecified atom stereocenters. The molecule has 0 aliphatic heterocycles. The van der Waals surface area contributed by atoms with Gasteiger partial charge in [-0.3, -0.25) is 14.9 Å². The number of hydrogen-bond acceptors (Lipinski definition) is 4. The van der Waals surface area contributed by atoms with Gasteiger partial charge >= 0.3 is 0 Å². The number of nitro benzene ring substituents is 1. The number of benzene rings is 1. The summed E-state index contributed by atoms with van der Waals surface area (Å²) in [4.78, 5) is 21.9. The minimum Gasteiger partial charge on any atom is -0.349 e. The number of hydrogen-bond donors (Lipinski definition) is 2. The second-order valence-corrected chi connectivity index (χ2v) is 4.00. The van der Waals surface area contributed by atoms with Crippen molar-refractivity contribution in [2.75, 3.05) is 6.54 Å². The van der Waals surface area contributed by atoms with Gasteiger partial charge in [0, 0.05) is 12.5 Å². The van der Waals surface area contributed by atoms with Crippen LogP contribution in [-0.4, -0.2) is 17.4 Å². The molecule has 18 heavy (non-hydrogen) atoms. The fraction of sp³-hybridized carbons (Fsp3) is 0.417. The van der Waals surface area contributed by atoms with E-state index in [1.54, 1.807) is 25.1 Å². The van der Waals surface area contributed by atoms with E-state index >= 15 is 0 Å². The Balaban J connectivity index is 2.75.